The summed E-state index contributed by atoms with van der Waals surface area (Å²) in [6.07, 6.45) is 7.22. The lowest BCUT2D eigenvalue weighted by molar-refractivity contribution is -0.128. The first-order valence-electron chi connectivity index (χ1n) is 7.98. The summed E-state index contributed by atoms with van der Waals surface area (Å²) in [5.74, 6) is 4.08. The Morgan fingerprint density at radius 3 is 2.63 bits per heavy atom. The molecule has 2 bridgehead atoms. The molecule has 0 aromatic rings. The lowest BCUT2D eigenvalue weighted by Gasteiger charge is -2.34. The number of hydrogen-bond donors (Lipinski definition) is 2. The van der Waals surface area contributed by atoms with E-state index in [0.717, 1.165) is 30.2 Å². The normalized spacial score (nSPS) is 40.5. The van der Waals surface area contributed by atoms with Gasteiger partial charge in [0.05, 0.1) is 5.41 Å². The summed E-state index contributed by atoms with van der Waals surface area (Å²) in [6, 6.07) is 0.674. The van der Waals surface area contributed by atoms with Crippen molar-refractivity contribution in [3.05, 3.63) is 0 Å². The third-order valence-electron chi connectivity index (χ3n) is 6.08. The molecule has 0 saturated heterocycles. The fourth-order valence-electron chi connectivity index (χ4n) is 5.11. The first-order valence-corrected chi connectivity index (χ1v) is 7.98. The van der Waals surface area contributed by atoms with Gasteiger partial charge in [-0.2, -0.15) is 0 Å². The van der Waals surface area contributed by atoms with Gasteiger partial charge < -0.3 is 10.6 Å². The lowest BCUT2D eigenvalue weighted by atomic mass is 9.78. The van der Waals surface area contributed by atoms with Crippen LogP contribution in [0.3, 0.4) is 0 Å². The van der Waals surface area contributed by atoms with Gasteiger partial charge in [-0.25, -0.2) is 0 Å². The SMILES string of the molecule is CNC(=O)C(C)(C)CN[C@H]1C[C@@H]2C[C@@H]1[C@H]1CCC[C@H]21. The Balaban J connectivity index is 1.56. The van der Waals surface area contributed by atoms with E-state index in [2.05, 4.69) is 10.6 Å². The number of carbonyl (C=O) groups excluding carboxylic acids is 1. The highest BCUT2D eigenvalue weighted by Gasteiger charge is 2.53. The van der Waals surface area contributed by atoms with E-state index in [0.29, 0.717) is 6.04 Å². The third-order valence-corrected chi connectivity index (χ3v) is 6.08. The molecule has 2 N–H and O–H groups in total. The molecular formula is C16H28N2O. The first kappa shape index (κ1) is 13.4. The minimum Gasteiger partial charge on any atom is -0.359 e. The Bertz CT molecular complexity index is 366. The van der Waals surface area contributed by atoms with E-state index < -0.39 is 0 Å². The van der Waals surface area contributed by atoms with Crippen molar-refractivity contribution >= 4 is 5.91 Å². The summed E-state index contributed by atoms with van der Waals surface area (Å²) in [5, 5.41) is 6.49. The molecule has 19 heavy (non-hydrogen) atoms. The van der Waals surface area contributed by atoms with Crippen LogP contribution in [0.2, 0.25) is 0 Å². The zero-order chi connectivity index (χ0) is 13.6. The van der Waals surface area contributed by atoms with Crippen molar-refractivity contribution in [2.24, 2.45) is 29.1 Å². The van der Waals surface area contributed by atoms with Crippen molar-refractivity contribution in [1.82, 2.24) is 10.6 Å². The molecule has 3 saturated carbocycles. The van der Waals surface area contributed by atoms with Crippen LogP contribution in [-0.2, 0) is 4.79 Å². The number of amides is 1. The molecule has 5 atom stereocenters. The van der Waals surface area contributed by atoms with Crippen molar-refractivity contribution in [2.75, 3.05) is 13.6 Å². The van der Waals surface area contributed by atoms with E-state index in [1.807, 2.05) is 13.8 Å². The standard InChI is InChI=1S/C16H28N2O/c1-16(2,15(19)17-3)9-18-14-8-10-7-13(14)12-6-4-5-11(10)12/h10-14,18H,4-9H2,1-3H3,(H,17,19)/t10-,11+,12-,13+,14-/m0/s1. The molecule has 0 aromatic carbocycles. The Morgan fingerprint density at radius 1 is 1.16 bits per heavy atom. The zero-order valence-corrected chi connectivity index (χ0v) is 12.5. The molecule has 3 fully saturated rings. The lowest BCUT2D eigenvalue weighted by Crippen LogP contribution is -2.47. The smallest absolute Gasteiger partial charge is 0.226 e. The number of rotatable bonds is 4. The summed E-state index contributed by atoms with van der Waals surface area (Å²) in [7, 11) is 1.73. The van der Waals surface area contributed by atoms with Crippen molar-refractivity contribution in [3.8, 4) is 0 Å². The summed E-state index contributed by atoms with van der Waals surface area (Å²) >= 11 is 0. The van der Waals surface area contributed by atoms with Gasteiger partial charge in [0.1, 0.15) is 0 Å². The molecule has 0 radical (unpaired) electrons. The van der Waals surface area contributed by atoms with Crippen LogP contribution in [0.1, 0.15) is 46.0 Å². The van der Waals surface area contributed by atoms with E-state index in [1.165, 1.54) is 32.1 Å². The van der Waals surface area contributed by atoms with Crippen LogP contribution in [0.5, 0.6) is 0 Å². The van der Waals surface area contributed by atoms with Gasteiger partial charge in [0.2, 0.25) is 5.91 Å². The average molecular weight is 264 g/mol. The summed E-state index contributed by atoms with van der Waals surface area (Å²) in [4.78, 5) is 11.8. The van der Waals surface area contributed by atoms with Crippen LogP contribution in [-0.4, -0.2) is 25.5 Å². The highest BCUT2D eigenvalue weighted by molar-refractivity contribution is 5.81. The molecule has 0 aliphatic heterocycles. The molecule has 3 heteroatoms. The minimum atomic E-state index is -0.300. The van der Waals surface area contributed by atoms with Crippen molar-refractivity contribution in [2.45, 2.75) is 52.0 Å². The van der Waals surface area contributed by atoms with Crippen molar-refractivity contribution < 1.29 is 4.79 Å². The van der Waals surface area contributed by atoms with Crippen LogP contribution in [0.4, 0.5) is 0 Å². The number of carbonyl (C=O) groups is 1. The second-order valence-corrected chi connectivity index (χ2v) is 7.60. The predicted octanol–water partition coefficient (Wildman–Crippen LogP) is 2.17. The van der Waals surface area contributed by atoms with Crippen LogP contribution >= 0.6 is 0 Å². The second-order valence-electron chi connectivity index (χ2n) is 7.60. The number of hydrogen-bond acceptors (Lipinski definition) is 2. The van der Waals surface area contributed by atoms with Gasteiger partial charge in [-0.05, 0) is 63.2 Å². The highest BCUT2D eigenvalue weighted by atomic mass is 16.2. The quantitative estimate of drug-likeness (QED) is 0.817. The van der Waals surface area contributed by atoms with E-state index in [-0.39, 0.29) is 11.3 Å². The Kier molecular flexibility index (Phi) is 3.36. The fourth-order valence-corrected chi connectivity index (χ4v) is 5.11. The van der Waals surface area contributed by atoms with Gasteiger partial charge in [-0.1, -0.05) is 6.42 Å². The molecule has 3 rings (SSSR count). The van der Waals surface area contributed by atoms with Crippen molar-refractivity contribution in [3.63, 3.8) is 0 Å². The first-order chi connectivity index (χ1) is 9.03. The maximum absolute atomic E-state index is 11.8. The Hall–Kier alpha value is -0.570. The van der Waals surface area contributed by atoms with Gasteiger partial charge in [-0.3, -0.25) is 4.79 Å². The predicted molar refractivity (Wildman–Crippen MR) is 76.7 cm³/mol. The van der Waals surface area contributed by atoms with Crippen molar-refractivity contribution in [1.29, 1.82) is 0 Å². The van der Waals surface area contributed by atoms with Crippen LogP contribution in [0, 0.1) is 29.1 Å². The van der Waals surface area contributed by atoms with Gasteiger partial charge in [-0.15, -0.1) is 0 Å². The number of fused-ring (bicyclic) bond motifs is 5. The molecule has 0 spiro atoms. The molecule has 0 aromatic heterocycles. The van der Waals surface area contributed by atoms with Gasteiger partial charge in [0.25, 0.3) is 0 Å². The minimum absolute atomic E-state index is 0.141. The molecule has 1 amide bonds. The Morgan fingerprint density at radius 2 is 1.89 bits per heavy atom. The maximum Gasteiger partial charge on any atom is 0.226 e. The molecule has 3 nitrogen and oxygen atoms in total. The van der Waals surface area contributed by atoms with E-state index in [1.54, 1.807) is 7.05 Å². The average Bonchev–Trinajstić information content (AvgIpc) is 3.06. The molecule has 3 aliphatic rings. The van der Waals surface area contributed by atoms with Gasteiger partial charge >= 0.3 is 0 Å². The second kappa shape index (κ2) is 4.76. The summed E-state index contributed by atoms with van der Waals surface area (Å²) < 4.78 is 0. The molecule has 0 unspecified atom stereocenters. The molecule has 3 aliphatic carbocycles. The molecule has 108 valence electrons. The number of nitrogens with one attached hydrogen (secondary N) is 2. The highest BCUT2D eigenvalue weighted by Crippen LogP contribution is 2.58. The zero-order valence-electron chi connectivity index (χ0n) is 12.5. The van der Waals surface area contributed by atoms with Crippen LogP contribution in [0.15, 0.2) is 0 Å². The topological polar surface area (TPSA) is 41.1 Å². The Labute approximate surface area is 116 Å². The van der Waals surface area contributed by atoms with Gasteiger partial charge in [0.15, 0.2) is 0 Å². The largest absolute Gasteiger partial charge is 0.359 e. The summed E-state index contributed by atoms with van der Waals surface area (Å²) in [6.45, 7) is 4.87. The summed E-state index contributed by atoms with van der Waals surface area (Å²) in [5.41, 5.74) is -0.300. The van der Waals surface area contributed by atoms with E-state index in [4.69, 9.17) is 0 Å². The van der Waals surface area contributed by atoms with Gasteiger partial charge in [0, 0.05) is 19.6 Å². The molecule has 0 heterocycles. The van der Waals surface area contributed by atoms with Crippen LogP contribution < -0.4 is 10.6 Å². The van der Waals surface area contributed by atoms with E-state index in [9.17, 15) is 4.79 Å². The van der Waals surface area contributed by atoms with E-state index >= 15 is 0 Å². The van der Waals surface area contributed by atoms with Crippen LogP contribution in [0.25, 0.3) is 0 Å². The third kappa shape index (κ3) is 2.20. The fraction of sp³-hybridized carbons (Fsp3) is 0.938. The monoisotopic (exact) mass is 264 g/mol. The molecular weight excluding hydrogens is 236 g/mol. The maximum atomic E-state index is 11.8.